The largest absolute Gasteiger partial charge is 0.459 e. The summed E-state index contributed by atoms with van der Waals surface area (Å²) >= 11 is 12.2. The average Bonchev–Trinajstić information content (AvgIpc) is 3.29. The van der Waals surface area contributed by atoms with Gasteiger partial charge in [-0.05, 0) is 29.8 Å². The van der Waals surface area contributed by atoms with Gasteiger partial charge in [0.2, 0.25) is 0 Å². The minimum Gasteiger partial charge on any atom is -0.459 e. The van der Waals surface area contributed by atoms with E-state index in [1.54, 1.807) is 41.4 Å². The molecule has 7 heteroatoms. The molecule has 0 aliphatic heterocycles. The molecule has 0 aliphatic rings. The van der Waals surface area contributed by atoms with Crippen LogP contribution in [0.5, 0.6) is 0 Å². The van der Waals surface area contributed by atoms with Crippen LogP contribution < -0.4 is 0 Å². The van der Waals surface area contributed by atoms with Crippen LogP contribution in [0.3, 0.4) is 0 Å². The van der Waals surface area contributed by atoms with Crippen molar-refractivity contribution in [2.45, 2.75) is 13.1 Å². The molecule has 2 aromatic heterocycles. The van der Waals surface area contributed by atoms with E-state index in [-0.39, 0.29) is 11.7 Å². The molecule has 134 valence electrons. The van der Waals surface area contributed by atoms with Gasteiger partial charge in [-0.2, -0.15) is 0 Å². The fourth-order valence-corrected chi connectivity index (χ4v) is 3.04. The van der Waals surface area contributed by atoms with E-state index in [4.69, 9.17) is 27.6 Å². The summed E-state index contributed by atoms with van der Waals surface area (Å²) in [5.74, 6) is 0.803. The molecular formula is C19H17Cl2N3O2. The molecule has 0 N–H and O–H groups in total. The predicted octanol–water partition coefficient (Wildman–Crippen LogP) is 4.66. The van der Waals surface area contributed by atoms with Gasteiger partial charge in [0.25, 0.3) is 5.91 Å². The van der Waals surface area contributed by atoms with E-state index in [0.29, 0.717) is 29.7 Å². The Balaban J connectivity index is 1.80. The van der Waals surface area contributed by atoms with Crippen molar-refractivity contribution in [3.8, 4) is 0 Å². The lowest BCUT2D eigenvalue weighted by Gasteiger charge is -2.20. The minimum atomic E-state index is -0.214. The predicted molar refractivity (Wildman–Crippen MR) is 101 cm³/mol. The van der Waals surface area contributed by atoms with Crippen molar-refractivity contribution in [2.24, 2.45) is 0 Å². The lowest BCUT2D eigenvalue weighted by molar-refractivity contribution is 0.0725. The third-order valence-electron chi connectivity index (χ3n) is 3.86. The summed E-state index contributed by atoms with van der Waals surface area (Å²) < 4.78 is 7.16. The third kappa shape index (κ3) is 4.18. The molecule has 26 heavy (non-hydrogen) atoms. The first kappa shape index (κ1) is 18.3. The van der Waals surface area contributed by atoms with Crippen LogP contribution in [-0.2, 0) is 13.1 Å². The van der Waals surface area contributed by atoms with Gasteiger partial charge in [-0.1, -0.05) is 35.3 Å². The zero-order valence-corrected chi connectivity index (χ0v) is 15.5. The zero-order chi connectivity index (χ0) is 18.5. The molecule has 1 aromatic carbocycles. The third-order valence-corrected chi connectivity index (χ3v) is 4.45. The van der Waals surface area contributed by atoms with E-state index in [0.717, 1.165) is 11.4 Å². The van der Waals surface area contributed by atoms with Crippen LogP contribution in [0.15, 0.2) is 66.1 Å². The molecule has 0 fully saturated rings. The Labute approximate surface area is 161 Å². The topological polar surface area (TPSA) is 51.3 Å². The summed E-state index contributed by atoms with van der Waals surface area (Å²) in [4.78, 5) is 18.6. The average molecular weight is 390 g/mol. The maximum absolute atomic E-state index is 12.6. The SMILES string of the molecule is C=CCN(Cc1nccn1Cc1ccc(Cl)cc1Cl)C(=O)c1ccco1. The van der Waals surface area contributed by atoms with Crippen molar-refractivity contribution in [2.75, 3.05) is 6.54 Å². The molecule has 0 atom stereocenters. The van der Waals surface area contributed by atoms with E-state index >= 15 is 0 Å². The number of hydrogen-bond acceptors (Lipinski definition) is 3. The van der Waals surface area contributed by atoms with Crippen molar-refractivity contribution in [1.29, 1.82) is 0 Å². The van der Waals surface area contributed by atoms with E-state index in [9.17, 15) is 4.79 Å². The number of hydrogen-bond donors (Lipinski definition) is 0. The Morgan fingerprint density at radius 3 is 2.88 bits per heavy atom. The summed E-state index contributed by atoms with van der Waals surface area (Å²) in [6, 6.07) is 8.70. The minimum absolute atomic E-state index is 0.214. The molecule has 3 aromatic rings. The van der Waals surface area contributed by atoms with Crippen LogP contribution in [-0.4, -0.2) is 26.9 Å². The van der Waals surface area contributed by atoms with Gasteiger partial charge >= 0.3 is 0 Å². The monoisotopic (exact) mass is 389 g/mol. The first-order valence-corrected chi connectivity index (χ1v) is 8.71. The van der Waals surface area contributed by atoms with E-state index < -0.39 is 0 Å². The van der Waals surface area contributed by atoms with Crippen LogP contribution >= 0.6 is 23.2 Å². The molecular weight excluding hydrogens is 373 g/mol. The highest BCUT2D eigenvalue weighted by Gasteiger charge is 2.19. The number of rotatable bonds is 7. The highest BCUT2D eigenvalue weighted by molar-refractivity contribution is 6.35. The van der Waals surface area contributed by atoms with Crippen molar-refractivity contribution in [3.63, 3.8) is 0 Å². The molecule has 0 bridgehead atoms. The molecule has 1 amide bonds. The number of halogens is 2. The van der Waals surface area contributed by atoms with E-state index in [1.807, 2.05) is 16.8 Å². The summed E-state index contributed by atoms with van der Waals surface area (Å²) in [6.07, 6.45) is 6.69. The van der Waals surface area contributed by atoms with Crippen LogP contribution in [0.4, 0.5) is 0 Å². The zero-order valence-electron chi connectivity index (χ0n) is 13.9. The molecule has 0 aliphatic carbocycles. The number of imidazole rings is 1. The van der Waals surface area contributed by atoms with Gasteiger partial charge in [-0.25, -0.2) is 4.98 Å². The Bertz CT molecular complexity index is 903. The number of carbonyl (C=O) groups excluding carboxylic acids is 1. The van der Waals surface area contributed by atoms with Crippen molar-refractivity contribution in [1.82, 2.24) is 14.5 Å². The number of furan rings is 1. The maximum Gasteiger partial charge on any atom is 0.290 e. The highest BCUT2D eigenvalue weighted by Crippen LogP contribution is 2.22. The summed E-state index contributed by atoms with van der Waals surface area (Å²) in [7, 11) is 0. The number of carbonyl (C=O) groups is 1. The first-order valence-electron chi connectivity index (χ1n) is 7.96. The fraction of sp³-hybridized carbons (Fsp3) is 0.158. The lowest BCUT2D eigenvalue weighted by atomic mass is 10.2. The Kier molecular flexibility index (Phi) is 5.81. The van der Waals surface area contributed by atoms with Gasteiger partial charge in [-0.3, -0.25) is 4.79 Å². The van der Waals surface area contributed by atoms with Gasteiger partial charge in [0.05, 0.1) is 19.4 Å². The van der Waals surface area contributed by atoms with Gasteiger partial charge in [-0.15, -0.1) is 6.58 Å². The van der Waals surface area contributed by atoms with Gasteiger partial charge < -0.3 is 13.9 Å². The van der Waals surface area contributed by atoms with Crippen molar-refractivity contribution < 1.29 is 9.21 Å². The van der Waals surface area contributed by atoms with E-state index in [2.05, 4.69) is 11.6 Å². The van der Waals surface area contributed by atoms with Crippen molar-refractivity contribution >= 4 is 29.1 Å². The molecule has 0 unspecified atom stereocenters. The highest BCUT2D eigenvalue weighted by atomic mass is 35.5. The molecule has 5 nitrogen and oxygen atoms in total. The normalized spacial score (nSPS) is 10.7. The number of aromatic nitrogens is 2. The molecule has 0 saturated heterocycles. The number of benzene rings is 1. The second-order valence-corrected chi connectivity index (χ2v) is 6.50. The van der Waals surface area contributed by atoms with Crippen LogP contribution in [0.1, 0.15) is 21.9 Å². The summed E-state index contributed by atoms with van der Waals surface area (Å²) in [5.41, 5.74) is 0.919. The smallest absolute Gasteiger partial charge is 0.290 e. The van der Waals surface area contributed by atoms with Gasteiger partial charge in [0, 0.05) is 29.0 Å². The Hall–Kier alpha value is -2.50. The standard InChI is InChI=1S/C19H17Cl2N3O2/c1-2-8-24(19(25)17-4-3-10-26-17)13-18-22-7-9-23(18)12-14-5-6-15(20)11-16(14)21/h2-7,9-11H,1,8,12-13H2. The summed E-state index contributed by atoms with van der Waals surface area (Å²) in [5, 5.41) is 1.18. The van der Waals surface area contributed by atoms with Crippen LogP contribution in [0.2, 0.25) is 10.0 Å². The fourth-order valence-electron chi connectivity index (χ4n) is 2.57. The molecule has 0 spiro atoms. The van der Waals surface area contributed by atoms with Gasteiger partial charge in [0.15, 0.2) is 5.76 Å². The molecule has 3 rings (SSSR count). The van der Waals surface area contributed by atoms with Crippen LogP contribution in [0.25, 0.3) is 0 Å². The number of amides is 1. The Morgan fingerprint density at radius 1 is 1.35 bits per heavy atom. The maximum atomic E-state index is 12.6. The quantitative estimate of drug-likeness (QED) is 0.552. The molecule has 2 heterocycles. The Morgan fingerprint density at radius 2 is 2.19 bits per heavy atom. The molecule has 0 radical (unpaired) electrons. The second-order valence-electron chi connectivity index (χ2n) is 5.66. The van der Waals surface area contributed by atoms with Gasteiger partial charge in [0.1, 0.15) is 5.82 Å². The van der Waals surface area contributed by atoms with Crippen LogP contribution in [0, 0.1) is 0 Å². The summed E-state index contributed by atoms with van der Waals surface area (Å²) in [6.45, 7) is 4.96. The van der Waals surface area contributed by atoms with E-state index in [1.165, 1.54) is 6.26 Å². The second kappa shape index (κ2) is 8.25. The number of nitrogens with zero attached hydrogens (tertiary/aromatic N) is 3. The molecule has 0 saturated carbocycles. The first-order chi connectivity index (χ1) is 12.6. The lowest BCUT2D eigenvalue weighted by Crippen LogP contribution is -2.31. The van der Waals surface area contributed by atoms with Crippen molar-refractivity contribution in [3.05, 3.63) is 88.8 Å².